The second-order valence-electron chi connectivity index (χ2n) is 5.69. The van der Waals surface area contributed by atoms with E-state index < -0.39 is 27.7 Å². The van der Waals surface area contributed by atoms with Gasteiger partial charge in [0.1, 0.15) is 5.82 Å². The highest BCUT2D eigenvalue weighted by molar-refractivity contribution is 7.92. The van der Waals surface area contributed by atoms with E-state index in [1.807, 2.05) is 0 Å². The molecule has 1 heterocycles. The Kier molecular flexibility index (Phi) is 4.83. The summed E-state index contributed by atoms with van der Waals surface area (Å²) >= 11 is 0. The molecule has 27 heavy (non-hydrogen) atoms. The molecule has 0 aliphatic carbocycles. The van der Waals surface area contributed by atoms with Gasteiger partial charge in [0, 0.05) is 11.1 Å². The number of halogens is 2. The Labute approximate surface area is 154 Å². The molecule has 0 atom stereocenters. The third-order valence-electron chi connectivity index (χ3n) is 3.88. The lowest BCUT2D eigenvalue weighted by atomic mass is 10.1. The van der Waals surface area contributed by atoms with Gasteiger partial charge in [0.2, 0.25) is 5.89 Å². The zero-order valence-corrected chi connectivity index (χ0v) is 15.4. The van der Waals surface area contributed by atoms with Crippen LogP contribution in [-0.2, 0) is 10.0 Å². The van der Waals surface area contributed by atoms with Gasteiger partial charge >= 0.3 is 6.01 Å². The topological polar surface area (TPSA) is 94.3 Å². The van der Waals surface area contributed by atoms with E-state index >= 15 is 0 Å². The fourth-order valence-electron chi connectivity index (χ4n) is 2.37. The van der Waals surface area contributed by atoms with E-state index in [2.05, 4.69) is 14.9 Å². The van der Waals surface area contributed by atoms with E-state index in [-0.39, 0.29) is 22.1 Å². The minimum atomic E-state index is -4.19. The summed E-state index contributed by atoms with van der Waals surface area (Å²) in [4.78, 5) is -0.304. The van der Waals surface area contributed by atoms with Crippen molar-refractivity contribution in [2.75, 3.05) is 11.8 Å². The molecular formula is C17H15F2N3O4S. The zero-order valence-electron chi connectivity index (χ0n) is 14.6. The predicted molar refractivity (Wildman–Crippen MR) is 92.9 cm³/mol. The van der Waals surface area contributed by atoms with Gasteiger partial charge < -0.3 is 9.15 Å². The molecule has 0 bridgehead atoms. The van der Waals surface area contributed by atoms with Gasteiger partial charge in [-0.05, 0) is 43.7 Å². The number of rotatable bonds is 5. The molecule has 142 valence electrons. The monoisotopic (exact) mass is 395 g/mol. The number of nitrogens with one attached hydrogen (secondary N) is 1. The Morgan fingerprint density at radius 3 is 2.52 bits per heavy atom. The van der Waals surface area contributed by atoms with Crippen LogP contribution in [0.5, 0.6) is 5.75 Å². The Morgan fingerprint density at radius 2 is 1.85 bits per heavy atom. The lowest BCUT2D eigenvalue weighted by molar-refractivity contribution is 0.384. The van der Waals surface area contributed by atoms with Gasteiger partial charge in [-0.2, -0.15) is 0 Å². The van der Waals surface area contributed by atoms with E-state index in [0.29, 0.717) is 11.1 Å². The number of aryl methyl sites for hydroxylation is 1. The maximum Gasteiger partial charge on any atom is 0.330 e. The van der Waals surface area contributed by atoms with E-state index in [1.54, 1.807) is 13.0 Å². The molecule has 0 unspecified atom stereocenters. The Bertz CT molecular complexity index is 1110. The van der Waals surface area contributed by atoms with Crippen molar-refractivity contribution in [3.05, 3.63) is 53.1 Å². The van der Waals surface area contributed by atoms with Gasteiger partial charge in [-0.1, -0.05) is 11.2 Å². The molecule has 2 aromatic carbocycles. The third kappa shape index (κ3) is 3.61. The average Bonchev–Trinajstić information content (AvgIpc) is 3.07. The van der Waals surface area contributed by atoms with Crippen molar-refractivity contribution in [2.24, 2.45) is 0 Å². The fourth-order valence-corrected chi connectivity index (χ4v) is 3.53. The van der Waals surface area contributed by atoms with Crippen molar-refractivity contribution in [3.63, 3.8) is 0 Å². The molecule has 7 nitrogen and oxygen atoms in total. The molecule has 1 aromatic heterocycles. The van der Waals surface area contributed by atoms with Crippen molar-refractivity contribution < 1.29 is 26.4 Å². The summed E-state index contributed by atoms with van der Waals surface area (Å²) in [6, 6.07) is 6.26. The number of sulfonamides is 1. The number of ether oxygens (including phenoxy) is 1. The minimum absolute atomic E-state index is 0.0655. The first-order chi connectivity index (χ1) is 12.7. The molecular weight excluding hydrogens is 380 g/mol. The number of methoxy groups -OCH3 is 1. The molecule has 0 saturated heterocycles. The van der Waals surface area contributed by atoms with Gasteiger partial charge in [-0.15, -0.1) is 5.10 Å². The highest BCUT2D eigenvalue weighted by atomic mass is 32.2. The Hall–Kier alpha value is -3.01. The van der Waals surface area contributed by atoms with Crippen molar-refractivity contribution in [3.8, 4) is 17.2 Å². The maximum absolute atomic E-state index is 14.1. The predicted octanol–water partition coefficient (Wildman–Crippen LogP) is 3.44. The van der Waals surface area contributed by atoms with Crippen LogP contribution in [0.4, 0.5) is 14.8 Å². The standard InChI is InChI=1S/C17H15F2N3O4S/c1-9-4-5-11(8-12(9)18)16-20-21-17(26-16)22-27(23,24)14-7-6-13(25-3)15(19)10(14)2/h4-8H,1-3H3,(H,21,22). The molecule has 3 rings (SSSR count). The molecule has 0 radical (unpaired) electrons. The van der Waals surface area contributed by atoms with Crippen LogP contribution in [0.3, 0.4) is 0 Å². The number of hydrogen-bond acceptors (Lipinski definition) is 6. The van der Waals surface area contributed by atoms with Gasteiger partial charge in [0.25, 0.3) is 10.0 Å². The first kappa shape index (κ1) is 18.8. The van der Waals surface area contributed by atoms with E-state index in [0.717, 1.165) is 0 Å². The molecule has 0 aliphatic rings. The van der Waals surface area contributed by atoms with Gasteiger partial charge in [-0.3, -0.25) is 0 Å². The second kappa shape index (κ2) is 6.95. The number of benzene rings is 2. The average molecular weight is 395 g/mol. The summed E-state index contributed by atoms with van der Waals surface area (Å²) in [5, 5.41) is 7.29. The van der Waals surface area contributed by atoms with Crippen LogP contribution in [0.25, 0.3) is 11.5 Å². The van der Waals surface area contributed by atoms with Crippen molar-refractivity contribution >= 4 is 16.0 Å². The number of hydrogen-bond donors (Lipinski definition) is 1. The first-order valence-corrected chi connectivity index (χ1v) is 9.17. The van der Waals surface area contributed by atoms with Crippen LogP contribution in [-0.4, -0.2) is 25.7 Å². The summed E-state index contributed by atoms with van der Waals surface area (Å²) in [5.41, 5.74) is 0.612. The molecule has 3 aromatic rings. The molecule has 0 aliphatic heterocycles. The van der Waals surface area contributed by atoms with Gasteiger partial charge in [0.05, 0.1) is 12.0 Å². The zero-order chi connectivity index (χ0) is 19.8. The SMILES string of the molecule is COc1ccc(S(=O)(=O)Nc2nnc(-c3ccc(C)c(F)c3)o2)c(C)c1F. The largest absolute Gasteiger partial charge is 0.494 e. The van der Waals surface area contributed by atoms with Crippen LogP contribution in [0.1, 0.15) is 11.1 Å². The van der Waals surface area contributed by atoms with Crippen LogP contribution in [0.2, 0.25) is 0 Å². The number of nitrogens with zero attached hydrogens (tertiary/aromatic N) is 2. The normalized spacial score (nSPS) is 11.4. The molecule has 0 amide bonds. The number of aromatic nitrogens is 2. The van der Waals surface area contributed by atoms with Crippen molar-refractivity contribution in [1.82, 2.24) is 10.2 Å². The summed E-state index contributed by atoms with van der Waals surface area (Å²) in [6.07, 6.45) is 0. The van der Waals surface area contributed by atoms with Gasteiger partial charge in [-0.25, -0.2) is 21.9 Å². The van der Waals surface area contributed by atoms with Crippen LogP contribution in [0.15, 0.2) is 39.6 Å². The first-order valence-electron chi connectivity index (χ1n) is 7.69. The van der Waals surface area contributed by atoms with E-state index in [4.69, 9.17) is 9.15 Å². The quantitative estimate of drug-likeness (QED) is 0.711. The Morgan fingerprint density at radius 1 is 1.11 bits per heavy atom. The highest BCUT2D eigenvalue weighted by Crippen LogP contribution is 2.28. The molecule has 0 fully saturated rings. The summed E-state index contributed by atoms with van der Waals surface area (Å²) in [7, 11) is -2.92. The molecule has 10 heteroatoms. The van der Waals surface area contributed by atoms with E-state index in [9.17, 15) is 17.2 Å². The summed E-state index contributed by atoms with van der Waals surface area (Å²) < 4.78 is 65.0. The molecule has 1 N–H and O–H groups in total. The van der Waals surface area contributed by atoms with Crippen molar-refractivity contribution in [2.45, 2.75) is 18.7 Å². The maximum atomic E-state index is 14.1. The second-order valence-corrected chi connectivity index (χ2v) is 7.34. The minimum Gasteiger partial charge on any atom is -0.494 e. The highest BCUT2D eigenvalue weighted by Gasteiger charge is 2.23. The lowest BCUT2D eigenvalue weighted by Crippen LogP contribution is -2.15. The summed E-state index contributed by atoms with van der Waals surface area (Å²) in [6.45, 7) is 2.91. The smallest absolute Gasteiger partial charge is 0.330 e. The molecule has 0 saturated carbocycles. The third-order valence-corrected chi connectivity index (χ3v) is 5.34. The van der Waals surface area contributed by atoms with Crippen LogP contribution in [0, 0.1) is 25.5 Å². The Balaban J connectivity index is 1.90. The van der Waals surface area contributed by atoms with Crippen LogP contribution < -0.4 is 9.46 Å². The van der Waals surface area contributed by atoms with E-state index in [1.165, 1.54) is 38.3 Å². The number of anilines is 1. The van der Waals surface area contributed by atoms with Gasteiger partial charge in [0.15, 0.2) is 11.6 Å². The van der Waals surface area contributed by atoms with Crippen molar-refractivity contribution in [1.29, 1.82) is 0 Å². The summed E-state index contributed by atoms with van der Waals surface area (Å²) in [5.74, 6) is -1.39. The fraction of sp³-hybridized carbons (Fsp3) is 0.176. The molecule has 0 spiro atoms. The van der Waals surface area contributed by atoms with Crippen LogP contribution >= 0.6 is 0 Å². The lowest BCUT2D eigenvalue weighted by Gasteiger charge is -2.10.